The first-order valence-corrected chi connectivity index (χ1v) is 6.17. The Hall–Kier alpha value is -1.16. The largest absolute Gasteiger partial charge is 0.467 e. The summed E-state index contributed by atoms with van der Waals surface area (Å²) in [5.74, 6) is 0. The van der Waals surface area contributed by atoms with Crippen LogP contribution >= 0.6 is 0 Å². The van der Waals surface area contributed by atoms with Crippen molar-refractivity contribution >= 4 is 0 Å². The Kier molecular flexibility index (Phi) is 3.62. The van der Waals surface area contributed by atoms with E-state index in [9.17, 15) is 0 Å². The molecule has 1 aliphatic heterocycles. The van der Waals surface area contributed by atoms with E-state index >= 15 is 0 Å². The second-order valence-corrected chi connectivity index (χ2v) is 5.48. The molecule has 94 valence electrons. The molecule has 0 spiro atoms. The number of ether oxygens (including phenoxy) is 1. The summed E-state index contributed by atoms with van der Waals surface area (Å²) >= 11 is 0. The summed E-state index contributed by atoms with van der Waals surface area (Å²) in [6, 6.07) is 2.42. The molecule has 17 heavy (non-hydrogen) atoms. The van der Waals surface area contributed by atoms with Gasteiger partial charge in [0.1, 0.15) is 0 Å². The monoisotopic (exact) mass is 235 g/mol. The van der Waals surface area contributed by atoms with Gasteiger partial charge in [-0.15, -0.1) is 0 Å². The molecule has 4 heteroatoms. The molecule has 2 heterocycles. The van der Waals surface area contributed by atoms with E-state index in [-0.39, 0.29) is 0 Å². The van der Waals surface area contributed by atoms with Crippen molar-refractivity contribution in [1.29, 1.82) is 0 Å². The quantitative estimate of drug-likeness (QED) is 0.804. The Balaban J connectivity index is 1.93. The normalized spacial score (nSPS) is 20.2. The number of piperidine rings is 1. The van der Waals surface area contributed by atoms with Crippen LogP contribution in [0.3, 0.4) is 0 Å². The van der Waals surface area contributed by atoms with Crippen molar-refractivity contribution < 1.29 is 4.74 Å². The van der Waals surface area contributed by atoms with Crippen LogP contribution in [0.15, 0.2) is 12.3 Å². The van der Waals surface area contributed by atoms with Crippen LogP contribution in [-0.2, 0) is 6.54 Å². The van der Waals surface area contributed by atoms with E-state index in [0.29, 0.717) is 11.4 Å². The van der Waals surface area contributed by atoms with Gasteiger partial charge in [-0.3, -0.25) is 4.90 Å². The maximum atomic E-state index is 5.04. The third kappa shape index (κ3) is 3.40. The van der Waals surface area contributed by atoms with E-state index in [2.05, 4.69) is 28.7 Å². The molecule has 0 aromatic carbocycles. The molecule has 0 unspecified atom stereocenters. The lowest BCUT2D eigenvalue weighted by Gasteiger charge is -2.36. The van der Waals surface area contributed by atoms with Gasteiger partial charge in [0.05, 0.1) is 12.8 Å². The first-order chi connectivity index (χ1) is 8.09. The zero-order valence-corrected chi connectivity index (χ0v) is 10.9. The molecule has 2 rings (SSSR count). The van der Waals surface area contributed by atoms with Crippen molar-refractivity contribution in [2.45, 2.75) is 33.2 Å². The van der Waals surface area contributed by atoms with E-state index in [1.807, 2.05) is 6.07 Å². The van der Waals surface area contributed by atoms with Crippen LogP contribution in [0.4, 0.5) is 0 Å². The Labute approximate surface area is 103 Å². The van der Waals surface area contributed by atoms with E-state index in [0.717, 1.165) is 25.3 Å². The summed E-state index contributed by atoms with van der Waals surface area (Å²) in [4.78, 5) is 10.8. The Bertz CT molecular complexity index is 369. The predicted octanol–water partition coefficient (Wildman–Crippen LogP) is 2.11. The molecule has 0 saturated carbocycles. The van der Waals surface area contributed by atoms with Crippen molar-refractivity contribution in [2.24, 2.45) is 5.41 Å². The molecule has 0 N–H and O–H groups in total. The average Bonchev–Trinajstić information content (AvgIpc) is 2.32. The maximum Gasteiger partial charge on any atom is 0.316 e. The Morgan fingerprint density at radius 1 is 1.35 bits per heavy atom. The van der Waals surface area contributed by atoms with E-state index < -0.39 is 0 Å². The zero-order valence-electron chi connectivity index (χ0n) is 10.9. The molecule has 1 saturated heterocycles. The highest BCUT2D eigenvalue weighted by Gasteiger charge is 2.25. The van der Waals surface area contributed by atoms with Crippen LogP contribution in [0.5, 0.6) is 6.01 Å². The van der Waals surface area contributed by atoms with E-state index in [1.54, 1.807) is 13.3 Å². The van der Waals surface area contributed by atoms with Crippen LogP contribution in [0.1, 0.15) is 32.4 Å². The van der Waals surface area contributed by atoms with Gasteiger partial charge in [0.15, 0.2) is 0 Å². The van der Waals surface area contributed by atoms with Gasteiger partial charge in [-0.1, -0.05) is 13.8 Å². The molecule has 0 radical (unpaired) electrons. The molecular weight excluding hydrogens is 214 g/mol. The highest BCUT2D eigenvalue weighted by molar-refractivity contribution is 5.05. The number of methoxy groups -OCH3 is 1. The zero-order chi connectivity index (χ0) is 12.3. The molecular formula is C13H21N3O. The molecule has 0 atom stereocenters. The van der Waals surface area contributed by atoms with Crippen LogP contribution < -0.4 is 4.74 Å². The van der Waals surface area contributed by atoms with Crippen molar-refractivity contribution in [1.82, 2.24) is 14.9 Å². The van der Waals surface area contributed by atoms with E-state index in [1.165, 1.54) is 12.8 Å². The van der Waals surface area contributed by atoms with Crippen molar-refractivity contribution in [3.8, 4) is 6.01 Å². The first kappa shape index (κ1) is 12.3. The summed E-state index contributed by atoms with van der Waals surface area (Å²) in [5, 5.41) is 0. The van der Waals surface area contributed by atoms with Gasteiger partial charge >= 0.3 is 6.01 Å². The van der Waals surface area contributed by atoms with Crippen LogP contribution in [0, 0.1) is 5.41 Å². The minimum Gasteiger partial charge on any atom is -0.467 e. The van der Waals surface area contributed by atoms with Gasteiger partial charge in [-0.25, -0.2) is 4.98 Å². The average molecular weight is 235 g/mol. The van der Waals surface area contributed by atoms with Gasteiger partial charge in [-0.05, 0) is 37.4 Å². The third-order valence-corrected chi connectivity index (χ3v) is 3.47. The molecule has 0 aliphatic carbocycles. The lowest BCUT2D eigenvalue weighted by Crippen LogP contribution is -2.36. The molecule has 1 fully saturated rings. The predicted molar refractivity (Wildman–Crippen MR) is 66.9 cm³/mol. The van der Waals surface area contributed by atoms with Gasteiger partial charge in [0, 0.05) is 12.7 Å². The van der Waals surface area contributed by atoms with Crippen molar-refractivity contribution in [2.75, 3.05) is 20.2 Å². The molecule has 4 nitrogen and oxygen atoms in total. The van der Waals surface area contributed by atoms with Crippen molar-refractivity contribution in [3.05, 3.63) is 18.0 Å². The summed E-state index contributed by atoms with van der Waals surface area (Å²) in [5.41, 5.74) is 1.54. The van der Waals surface area contributed by atoms with Gasteiger partial charge < -0.3 is 4.74 Å². The van der Waals surface area contributed by atoms with Crippen LogP contribution in [0.2, 0.25) is 0 Å². The molecule has 1 aromatic rings. The van der Waals surface area contributed by atoms with Gasteiger partial charge in [0.25, 0.3) is 0 Å². The summed E-state index contributed by atoms with van der Waals surface area (Å²) in [6.45, 7) is 7.89. The minimum atomic E-state index is 0.458. The number of nitrogens with zero attached hydrogens (tertiary/aromatic N) is 3. The number of hydrogen-bond acceptors (Lipinski definition) is 4. The smallest absolute Gasteiger partial charge is 0.316 e. The standard InChI is InChI=1S/C13H21N3O/c1-13(2)5-8-16(9-6-13)10-11-4-7-14-12(15-11)17-3/h4,7H,5-6,8-10H2,1-3H3. The summed E-state index contributed by atoms with van der Waals surface area (Å²) < 4.78 is 5.04. The molecule has 0 bridgehead atoms. The fraction of sp³-hybridized carbons (Fsp3) is 0.692. The van der Waals surface area contributed by atoms with Gasteiger partial charge in [0.2, 0.25) is 0 Å². The fourth-order valence-corrected chi connectivity index (χ4v) is 2.11. The minimum absolute atomic E-state index is 0.458. The second-order valence-electron chi connectivity index (χ2n) is 5.48. The Morgan fingerprint density at radius 3 is 2.71 bits per heavy atom. The number of aromatic nitrogens is 2. The molecule has 1 aliphatic rings. The van der Waals surface area contributed by atoms with E-state index in [4.69, 9.17) is 4.74 Å². The highest BCUT2D eigenvalue weighted by Crippen LogP contribution is 2.30. The number of rotatable bonds is 3. The number of hydrogen-bond donors (Lipinski definition) is 0. The topological polar surface area (TPSA) is 38.2 Å². The lowest BCUT2D eigenvalue weighted by molar-refractivity contribution is 0.125. The summed E-state index contributed by atoms with van der Waals surface area (Å²) in [6.07, 6.45) is 4.28. The highest BCUT2D eigenvalue weighted by atomic mass is 16.5. The SMILES string of the molecule is COc1nccc(CN2CCC(C)(C)CC2)n1. The second kappa shape index (κ2) is 5.00. The van der Waals surface area contributed by atoms with Crippen LogP contribution in [0.25, 0.3) is 0 Å². The van der Waals surface area contributed by atoms with Crippen LogP contribution in [-0.4, -0.2) is 35.1 Å². The number of likely N-dealkylation sites (tertiary alicyclic amines) is 1. The van der Waals surface area contributed by atoms with Gasteiger partial charge in [-0.2, -0.15) is 4.98 Å². The fourth-order valence-electron chi connectivity index (χ4n) is 2.11. The maximum absolute atomic E-state index is 5.04. The molecule has 1 aromatic heterocycles. The lowest BCUT2D eigenvalue weighted by atomic mass is 9.83. The third-order valence-electron chi connectivity index (χ3n) is 3.47. The van der Waals surface area contributed by atoms with Crippen molar-refractivity contribution in [3.63, 3.8) is 0 Å². The molecule has 0 amide bonds. The Morgan fingerprint density at radius 2 is 2.06 bits per heavy atom. The first-order valence-electron chi connectivity index (χ1n) is 6.17. The summed E-state index contributed by atoms with van der Waals surface area (Å²) in [7, 11) is 1.60.